The second kappa shape index (κ2) is 5.36. The van der Waals surface area contributed by atoms with Gasteiger partial charge in [-0.15, -0.1) is 0 Å². The Morgan fingerprint density at radius 2 is 2.00 bits per heavy atom. The van der Waals surface area contributed by atoms with Crippen LogP contribution in [0.5, 0.6) is 0 Å². The smallest absolute Gasteiger partial charge is 0.548 e. The molecule has 1 unspecified atom stereocenters. The number of carboxylic acid groups (broad SMARTS) is 1. The van der Waals surface area contributed by atoms with E-state index < -0.39 is 29.9 Å². The van der Waals surface area contributed by atoms with E-state index in [0.29, 0.717) is 12.8 Å². The van der Waals surface area contributed by atoms with E-state index in [1.165, 1.54) is 6.92 Å². The molecule has 0 aromatic rings. The summed E-state index contributed by atoms with van der Waals surface area (Å²) in [7, 11) is 0. The molecule has 1 heterocycles. The fourth-order valence-corrected chi connectivity index (χ4v) is 2.79. The summed E-state index contributed by atoms with van der Waals surface area (Å²) in [5, 5.41) is 21.0. The predicted octanol–water partition coefficient (Wildman–Crippen LogP) is -3.40. The van der Waals surface area contributed by atoms with Gasteiger partial charge < -0.3 is 19.7 Å². The number of ether oxygens (including phenoxy) is 1. The number of carboxylic acids is 1. The molecule has 0 radical (unpaired) electrons. The fraction of sp³-hybridized carbons (Fsp3) is 0.818. The third kappa shape index (κ3) is 2.39. The molecule has 1 amide bonds. The Morgan fingerprint density at radius 1 is 1.44 bits per heavy atom. The first-order chi connectivity index (χ1) is 7.89. The molecule has 1 N–H and O–H groups in total. The van der Waals surface area contributed by atoms with Crippen molar-refractivity contribution < 1.29 is 54.1 Å². The van der Waals surface area contributed by atoms with Crippen LogP contribution in [0.1, 0.15) is 39.0 Å². The van der Waals surface area contributed by atoms with Crippen molar-refractivity contribution in [3.63, 3.8) is 0 Å². The number of aliphatic carboxylic acids is 1. The first-order valence-electron chi connectivity index (χ1n) is 5.82. The molecule has 1 saturated heterocycles. The van der Waals surface area contributed by atoms with Gasteiger partial charge in [-0.1, -0.05) is 6.42 Å². The number of hydrogen-bond donors (Lipinski definition) is 1. The maximum atomic E-state index is 11.7. The van der Waals surface area contributed by atoms with Crippen LogP contribution >= 0.6 is 0 Å². The zero-order valence-corrected chi connectivity index (χ0v) is 12.8. The second-order valence-electron chi connectivity index (χ2n) is 4.90. The van der Waals surface area contributed by atoms with Gasteiger partial charge in [0.15, 0.2) is 11.3 Å². The summed E-state index contributed by atoms with van der Waals surface area (Å²) in [6.07, 6.45) is 3.12. The van der Waals surface area contributed by atoms with Gasteiger partial charge in [0.2, 0.25) is 0 Å². The number of carbonyl (C=O) groups is 2. The van der Waals surface area contributed by atoms with E-state index in [1.807, 2.05) is 0 Å². The summed E-state index contributed by atoms with van der Waals surface area (Å²) in [6, 6.07) is 0. The molecule has 7 heteroatoms. The van der Waals surface area contributed by atoms with Gasteiger partial charge in [-0.3, -0.25) is 4.90 Å². The number of carbonyl (C=O) groups excluding carboxylic acids is 2. The number of nitrogens with zero attached hydrogens (tertiary/aromatic N) is 1. The number of hydrogen-bond acceptors (Lipinski definition) is 5. The zero-order valence-electron chi connectivity index (χ0n) is 10.8. The molecule has 2 aliphatic rings. The number of amides is 1. The van der Waals surface area contributed by atoms with Crippen molar-refractivity contribution in [2.24, 2.45) is 0 Å². The van der Waals surface area contributed by atoms with E-state index in [1.54, 1.807) is 0 Å². The number of rotatable bonds is 2. The van der Waals surface area contributed by atoms with Crippen molar-refractivity contribution in [2.45, 2.75) is 50.4 Å². The summed E-state index contributed by atoms with van der Waals surface area (Å²) < 4.78 is 5.26. The summed E-state index contributed by atoms with van der Waals surface area (Å²) >= 11 is 0. The minimum absolute atomic E-state index is 0. The van der Waals surface area contributed by atoms with E-state index in [0.717, 1.165) is 24.2 Å². The molecule has 18 heavy (non-hydrogen) atoms. The van der Waals surface area contributed by atoms with Gasteiger partial charge in [-0.2, -0.15) is 0 Å². The molecule has 0 aromatic heterocycles. The first-order valence-corrected chi connectivity index (χ1v) is 5.82. The Hall–Kier alpha value is -0.300. The average molecular weight is 265 g/mol. The molecule has 0 aromatic carbocycles. The third-order valence-corrected chi connectivity index (χ3v) is 3.84. The van der Waals surface area contributed by atoms with E-state index in [2.05, 4.69) is 0 Å². The fourth-order valence-electron chi connectivity index (χ4n) is 2.79. The Labute approximate surface area is 128 Å². The van der Waals surface area contributed by atoms with Crippen LogP contribution in [0.2, 0.25) is 0 Å². The topological polar surface area (TPSA) is 89.9 Å². The van der Waals surface area contributed by atoms with Crippen LogP contribution in [0.25, 0.3) is 0 Å². The summed E-state index contributed by atoms with van der Waals surface area (Å²) in [6.45, 7) is 0.791. The second-order valence-corrected chi connectivity index (χ2v) is 4.90. The minimum atomic E-state index is -1.58. The maximum absolute atomic E-state index is 11.7. The van der Waals surface area contributed by atoms with Gasteiger partial charge in [0.25, 0.3) is 0 Å². The van der Waals surface area contributed by atoms with Crippen LogP contribution in [0, 0.1) is 0 Å². The molecule has 6 nitrogen and oxygen atoms in total. The van der Waals surface area contributed by atoms with Gasteiger partial charge in [-0.05, 0) is 32.6 Å². The van der Waals surface area contributed by atoms with E-state index in [-0.39, 0.29) is 29.6 Å². The zero-order chi connectivity index (χ0) is 12.7. The van der Waals surface area contributed by atoms with Crippen LogP contribution in [0.15, 0.2) is 0 Å². The normalized spacial score (nSPS) is 29.9. The van der Waals surface area contributed by atoms with E-state index >= 15 is 0 Å². The van der Waals surface area contributed by atoms with Crippen molar-refractivity contribution in [2.75, 3.05) is 6.54 Å². The summed E-state index contributed by atoms with van der Waals surface area (Å²) in [5.74, 6) is -1.41. The van der Waals surface area contributed by atoms with Gasteiger partial charge in [0.1, 0.15) is 0 Å². The summed E-state index contributed by atoms with van der Waals surface area (Å²) in [4.78, 5) is 23.1. The quantitative estimate of drug-likeness (QED) is 0.526. The third-order valence-electron chi connectivity index (χ3n) is 3.84. The number of aliphatic hydroxyl groups is 1. The van der Waals surface area contributed by atoms with Gasteiger partial charge in [0, 0.05) is 0 Å². The van der Waals surface area contributed by atoms with Crippen LogP contribution in [0.3, 0.4) is 0 Å². The Bertz CT molecular complexity index is 351. The van der Waals surface area contributed by atoms with Crippen molar-refractivity contribution in [1.29, 1.82) is 0 Å². The van der Waals surface area contributed by atoms with E-state index in [9.17, 15) is 19.8 Å². The molecule has 1 aliphatic carbocycles. The molecule has 1 aliphatic heterocycles. The van der Waals surface area contributed by atoms with E-state index in [4.69, 9.17) is 4.74 Å². The Balaban J connectivity index is 0.00000162. The van der Waals surface area contributed by atoms with Crippen molar-refractivity contribution in [3.8, 4) is 0 Å². The van der Waals surface area contributed by atoms with Crippen LogP contribution in [0.4, 0.5) is 4.79 Å². The van der Waals surface area contributed by atoms with Crippen LogP contribution in [-0.4, -0.2) is 39.9 Å². The SMILES string of the molecule is CC1(O)N(CC(=O)[O-])C(=O)OC12CCCCC2.[Na+]. The standard InChI is InChI=1S/C11H17NO5.Na/c1-10(16)11(5-3-2-4-6-11)17-9(15)12(10)7-8(13)14;/h16H,2-7H2,1H3,(H,13,14);/q;+1/p-1. The predicted molar refractivity (Wildman–Crippen MR) is 54.6 cm³/mol. The van der Waals surface area contributed by atoms with Crippen molar-refractivity contribution in [3.05, 3.63) is 0 Å². The van der Waals surface area contributed by atoms with Gasteiger partial charge in [0.05, 0.1) is 12.5 Å². The molecule has 2 rings (SSSR count). The molecular formula is C11H16NNaO5. The monoisotopic (exact) mass is 265 g/mol. The average Bonchev–Trinajstić information content (AvgIpc) is 2.41. The van der Waals surface area contributed by atoms with Crippen LogP contribution < -0.4 is 34.7 Å². The molecule has 96 valence electrons. The van der Waals surface area contributed by atoms with Crippen molar-refractivity contribution >= 4 is 12.1 Å². The van der Waals surface area contributed by atoms with Crippen LogP contribution in [-0.2, 0) is 9.53 Å². The largest absolute Gasteiger partial charge is 1.00 e. The molecular weight excluding hydrogens is 249 g/mol. The molecule has 1 spiro atoms. The Morgan fingerprint density at radius 3 is 2.50 bits per heavy atom. The van der Waals surface area contributed by atoms with Gasteiger partial charge in [-0.25, -0.2) is 4.79 Å². The molecule has 1 saturated carbocycles. The minimum Gasteiger partial charge on any atom is -0.548 e. The Kier molecular flexibility index (Phi) is 4.70. The first kappa shape index (κ1) is 15.8. The molecule has 2 fully saturated rings. The molecule has 0 bridgehead atoms. The van der Waals surface area contributed by atoms with Crippen molar-refractivity contribution in [1.82, 2.24) is 4.90 Å². The maximum Gasteiger partial charge on any atom is 1.00 e. The summed E-state index contributed by atoms with van der Waals surface area (Å²) in [5.41, 5.74) is -2.54. The molecule has 1 atom stereocenters. The van der Waals surface area contributed by atoms with Gasteiger partial charge >= 0.3 is 35.7 Å².